The Balaban J connectivity index is -0.0000000270. The van der Waals surface area contributed by atoms with Crippen LogP contribution < -0.4 is 0 Å². The highest BCUT2D eigenvalue weighted by Gasteiger charge is 1.82. The minimum Gasteiger partial charge on any atom is -0.400 e. The molecule has 37 heteroatoms. The van der Waals surface area contributed by atoms with E-state index >= 15 is 0 Å². The molecule has 0 saturated heterocycles. The molecule has 0 rings (SSSR count). The third kappa shape index (κ3) is 1780. The first-order valence-electron chi connectivity index (χ1n) is 8.30. The SMILES string of the molecule is CO.ClC(Cl)Cl.ClC(Cl)Cl.ClC(Cl)Cl.ClC(Cl)Cl.ClC(Cl)Cl.ClC(Cl)Cl.ClC(Cl)Cl.ClC(Cl)Cl.ClC(Cl)Cl.ClC(Cl)Cl.ClC(Cl)Cl.ClC(Cl)Cl. The molecule has 0 atom stereocenters. The van der Waals surface area contributed by atoms with E-state index in [1.54, 1.807) is 0 Å². The first kappa shape index (κ1) is 94.9. The van der Waals surface area contributed by atoms with Crippen molar-refractivity contribution in [2.75, 3.05) is 7.11 Å². The minimum absolute atomic E-state index is 0.750. The molecule has 0 fully saturated rings. The topological polar surface area (TPSA) is 20.2 Å². The normalized spacial score (nSPS) is 8.76. The van der Waals surface area contributed by atoms with Crippen molar-refractivity contribution in [1.82, 2.24) is 0 Å². The molecule has 0 aliphatic heterocycles. The van der Waals surface area contributed by atoms with E-state index in [9.17, 15) is 0 Å². The monoisotopic (exact) mass is 1450 g/mol. The zero-order chi connectivity index (χ0) is 44.9. The minimum atomic E-state index is -0.750. The van der Waals surface area contributed by atoms with E-state index in [-0.39, 0.29) is 0 Å². The van der Waals surface area contributed by atoms with E-state index in [4.69, 9.17) is 423 Å². The van der Waals surface area contributed by atoms with Crippen LogP contribution in [0.5, 0.6) is 0 Å². The molecule has 0 aromatic heterocycles. The molecular weight excluding hydrogens is 1450 g/mol. The summed E-state index contributed by atoms with van der Waals surface area (Å²) in [5.74, 6) is 0. The molecule has 326 valence electrons. The van der Waals surface area contributed by atoms with Crippen LogP contribution >= 0.6 is 418 Å². The zero-order valence-corrected chi connectivity index (χ0v) is 49.2. The van der Waals surface area contributed by atoms with Gasteiger partial charge in [0, 0.05) is 7.11 Å². The maximum absolute atomic E-state index is 7.00. The molecule has 0 unspecified atom stereocenters. The molecular formula is C13H16Cl36O. The number of aliphatic hydroxyl groups is 1. The van der Waals surface area contributed by atoms with Gasteiger partial charge in [0.15, 0.2) is 51.5 Å². The van der Waals surface area contributed by atoms with Crippen molar-refractivity contribution in [3.05, 3.63) is 0 Å². The van der Waals surface area contributed by atoms with Crippen LogP contribution in [0.2, 0.25) is 0 Å². The third-order valence-corrected chi connectivity index (χ3v) is 0. The van der Waals surface area contributed by atoms with Crippen molar-refractivity contribution in [2.24, 2.45) is 0 Å². The van der Waals surface area contributed by atoms with Gasteiger partial charge in [-0.15, -0.1) is 0 Å². The van der Waals surface area contributed by atoms with E-state index in [2.05, 4.69) is 0 Å². The largest absolute Gasteiger partial charge is 0.400 e. The standard InChI is InChI=1S/12CHCl3.CH4O/c12*2-1(3)4;1-2/h12*1H;2H,1H3. The van der Waals surface area contributed by atoms with Crippen molar-refractivity contribution < 1.29 is 5.11 Å². The summed E-state index contributed by atoms with van der Waals surface area (Å²) in [6, 6.07) is 0. The number of rotatable bonds is 0. The first-order chi connectivity index (χ1) is 21.8. The number of aliphatic hydroxyl groups excluding tert-OH is 1. The molecule has 0 radical (unpaired) electrons. The maximum atomic E-state index is 7.00. The Kier molecular flexibility index (Phi) is 179. The summed E-state index contributed by atoms with van der Waals surface area (Å²) >= 11 is 173. The van der Waals surface area contributed by atoms with Crippen molar-refractivity contribution >= 4 is 418 Å². The molecule has 0 aliphatic rings. The van der Waals surface area contributed by atoms with Crippen LogP contribution in [-0.2, 0) is 0 Å². The molecule has 0 amide bonds. The number of hydrogen-bond acceptors (Lipinski definition) is 1. The molecule has 0 heterocycles. The summed E-state index contributed by atoms with van der Waals surface area (Å²) in [7, 11) is 1.00. The lowest BCUT2D eigenvalue weighted by Gasteiger charge is -1.69. The summed E-state index contributed by atoms with van der Waals surface area (Å²) in [4.78, 5) is 0. The van der Waals surface area contributed by atoms with Gasteiger partial charge in [0.2, 0.25) is 0 Å². The van der Waals surface area contributed by atoms with Crippen molar-refractivity contribution in [1.29, 1.82) is 0 Å². The summed E-state index contributed by atoms with van der Waals surface area (Å²) in [5, 5.41) is 7.00. The molecule has 1 N–H and O–H groups in total. The lowest BCUT2D eigenvalue weighted by Crippen LogP contribution is -1.55. The lowest BCUT2D eigenvalue weighted by atomic mass is 11.8. The molecule has 0 bridgehead atoms. The van der Waals surface area contributed by atoms with Crippen LogP contribution in [0.1, 0.15) is 0 Å². The predicted octanol–water partition coefficient (Wildman–Crippen LogP) is 23.4. The number of halogens is 36. The zero-order valence-electron chi connectivity index (χ0n) is 22.0. The molecule has 0 aliphatic carbocycles. The lowest BCUT2D eigenvalue weighted by molar-refractivity contribution is 0.399. The quantitative estimate of drug-likeness (QED) is 0.240. The smallest absolute Gasteiger partial charge is 0.180 e. The Morgan fingerprint density at radius 2 is 0.140 bits per heavy atom. The molecule has 50 heavy (non-hydrogen) atoms. The van der Waals surface area contributed by atoms with Gasteiger partial charge >= 0.3 is 0 Å². The maximum Gasteiger partial charge on any atom is 0.180 e. The van der Waals surface area contributed by atoms with Gasteiger partial charge in [0.1, 0.15) is 0 Å². The fourth-order valence-corrected chi connectivity index (χ4v) is 0. The summed E-state index contributed by atoms with van der Waals surface area (Å²) < 4.78 is -9.00. The average Bonchev–Trinajstić information content (AvgIpc) is 2.69. The summed E-state index contributed by atoms with van der Waals surface area (Å²) in [6.45, 7) is 0. The average molecular weight is 1460 g/mol. The van der Waals surface area contributed by atoms with Crippen molar-refractivity contribution in [3.8, 4) is 0 Å². The van der Waals surface area contributed by atoms with Crippen LogP contribution in [0.3, 0.4) is 0 Å². The van der Waals surface area contributed by atoms with Gasteiger partial charge < -0.3 is 5.11 Å². The summed E-state index contributed by atoms with van der Waals surface area (Å²) in [6.07, 6.45) is 0. The van der Waals surface area contributed by atoms with Gasteiger partial charge in [-0.3, -0.25) is 0 Å². The highest BCUT2D eigenvalue weighted by Crippen LogP contribution is 2.08. The van der Waals surface area contributed by atoms with Crippen molar-refractivity contribution in [2.45, 2.75) is 51.5 Å². The first-order valence-corrected chi connectivity index (χ1v) is 24.0. The van der Waals surface area contributed by atoms with Crippen LogP contribution in [0.25, 0.3) is 0 Å². The highest BCUT2D eigenvalue weighted by atomic mass is 35.6. The van der Waals surface area contributed by atoms with E-state index in [1.165, 1.54) is 0 Å². The van der Waals surface area contributed by atoms with Gasteiger partial charge in [0.25, 0.3) is 0 Å². The van der Waals surface area contributed by atoms with Gasteiger partial charge in [-0.25, -0.2) is 0 Å². The second-order valence-electron chi connectivity index (χ2n) is 2.97. The van der Waals surface area contributed by atoms with Gasteiger partial charge in [-0.2, -0.15) is 0 Å². The Labute approximate surface area is 473 Å². The summed E-state index contributed by atoms with van der Waals surface area (Å²) in [5.41, 5.74) is 0. The molecule has 0 aromatic carbocycles. The van der Waals surface area contributed by atoms with E-state index in [1.807, 2.05) is 0 Å². The molecule has 0 saturated carbocycles. The van der Waals surface area contributed by atoms with E-state index in [0.29, 0.717) is 0 Å². The van der Waals surface area contributed by atoms with E-state index in [0.717, 1.165) is 7.11 Å². The number of alkyl halides is 36. The second-order valence-corrected chi connectivity index (χ2v) is 26.7. The third-order valence-electron chi connectivity index (χ3n) is 0. The second kappa shape index (κ2) is 94.1. The van der Waals surface area contributed by atoms with Gasteiger partial charge in [0.05, 0.1) is 0 Å². The Morgan fingerprint density at radius 3 is 0.140 bits per heavy atom. The highest BCUT2D eigenvalue weighted by molar-refractivity contribution is 6.67. The molecule has 0 aromatic rings. The molecule has 1 nitrogen and oxygen atoms in total. The van der Waals surface area contributed by atoms with Crippen LogP contribution in [0.15, 0.2) is 0 Å². The molecule has 0 spiro atoms. The fraction of sp³-hybridized carbons (Fsp3) is 1.00. The Bertz CT molecular complexity index is 234. The van der Waals surface area contributed by atoms with Crippen LogP contribution in [0, 0.1) is 0 Å². The fourth-order valence-electron chi connectivity index (χ4n) is 0. The Hall–Kier alpha value is 10.4. The number of hydrogen-bond donors (Lipinski definition) is 1. The van der Waals surface area contributed by atoms with Crippen LogP contribution in [-0.4, -0.2) is 63.8 Å². The van der Waals surface area contributed by atoms with Crippen LogP contribution in [0.4, 0.5) is 0 Å². The van der Waals surface area contributed by atoms with Gasteiger partial charge in [-0.1, -0.05) is 418 Å². The van der Waals surface area contributed by atoms with Gasteiger partial charge in [-0.05, 0) is 0 Å². The predicted molar refractivity (Wildman–Crippen MR) is 264 cm³/mol. The Morgan fingerprint density at radius 1 is 0.140 bits per heavy atom. The van der Waals surface area contributed by atoms with Crippen molar-refractivity contribution in [3.63, 3.8) is 0 Å². The van der Waals surface area contributed by atoms with E-state index < -0.39 is 51.5 Å².